The lowest BCUT2D eigenvalue weighted by Crippen LogP contribution is -2.00. The molecule has 0 aliphatic rings. The second-order valence-corrected chi connectivity index (χ2v) is 4.00. The molecule has 0 fully saturated rings. The normalized spacial score (nSPS) is 10.4. The molecule has 1 aromatic carbocycles. The van der Waals surface area contributed by atoms with E-state index in [-0.39, 0.29) is 0 Å². The minimum atomic E-state index is 0.703. The van der Waals surface area contributed by atoms with E-state index < -0.39 is 0 Å². The average Bonchev–Trinajstić information content (AvgIpc) is 2.46. The van der Waals surface area contributed by atoms with Gasteiger partial charge in [-0.25, -0.2) is 9.97 Å². The molecule has 0 amide bonds. The summed E-state index contributed by atoms with van der Waals surface area (Å²) in [6, 6.07) is 8.17. The number of benzene rings is 1. The molecule has 4 nitrogen and oxygen atoms in total. The number of fused-ring (bicyclic) bond motifs is 1. The van der Waals surface area contributed by atoms with Crippen LogP contribution in [0.2, 0.25) is 0 Å². The molecule has 0 aliphatic carbocycles. The number of rotatable bonds is 3. The Morgan fingerprint density at radius 1 is 0.944 bits per heavy atom. The van der Waals surface area contributed by atoms with Crippen molar-refractivity contribution >= 4 is 16.5 Å². The Morgan fingerprint density at radius 2 is 1.83 bits per heavy atom. The van der Waals surface area contributed by atoms with Gasteiger partial charge in [0.25, 0.3) is 0 Å². The smallest absolute Gasteiger partial charge is 0.115 e. The molecule has 88 valence electrons. The Kier molecular flexibility index (Phi) is 2.84. The van der Waals surface area contributed by atoms with Crippen molar-refractivity contribution in [2.24, 2.45) is 0 Å². The van der Waals surface area contributed by atoms with Crippen molar-refractivity contribution in [3.8, 4) is 0 Å². The maximum absolute atomic E-state index is 4.16. The second kappa shape index (κ2) is 4.79. The van der Waals surface area contributed by atoms with Crippen LogP contribution in [0.5, 0.6) is 0 Å². The minimum absolute atomic E-state index is 0.703. The fourth-order valence-electron chi connectivity index (χ4n) is 1.89. The summed E-state index contributed by atoms with van der Waals surface area (Å²) >= 11 is 0. The molecule has 0 spiro atoms. The molecular weight excluding hydrogens is 224 g/mol. The largest absolute Gasteiger partial charge is 0.380 e. The van der Waals surface area contributed by atoms with E-state index in [1.54, 1.807) is 6.20 Å². The number of nitrogens with one attached hydrogen (secondary N) is 1. The lowest BCUT2D eigenvalue weighted by atomic mass is 10.1. The van der Waals surface area contributed by atoms with E-state index in [1.165, 1.54) is 11.7 Å². The lowest BCUT2D eigenvalue weighted by molar-refractivity contribution is 1.05. The van der Waals surface area contributed by atoms with Gasteiger partial charge in [-0.05, 0) is 17.5 Å². The summed E-state index contributed by atoms with van der Waals surface area (Å²) in [7, 11) is 0. The van der Waals surface area contributed by atoms with Crippen LogP contribution in [0.3, 0.4) is 0 Å². The van der Waals surface area contributed by atoms with Crippen molar-refractivity contribution in [3.63, 3.8) is 0 Å². The number of anilines is 1. The van der Waals surface area contributed by atoms with E-state index in [2.05, 4.69) is 26.3 Å². The predicted octanol–water partition coefficient (Wildman–Crippen LogP) is 2.64. The summed E-state index contributed by atoms with van der Waals surface area (Å²) in [6.07, 6.45) is 8.83. The molecule has 2 heterocycles. The first-order valence-corrected chi connectivity index (χ1v) is 5.74. The van der Waals surface area contributed by atoms with E-state index >= 15 is 0 Å². The van der Waals surface area contributed by atoms with Crippen LogP contribution in [-0.2, 0) is 6.54 Å². The number of aromatic nitrogens is 3. The molecule has 18 heavy (non-hydrogen) atoms. The third-order valence-electron chi connectivity index (χ3n) is 2.78. The van der Waals surface area contributed by atoms with Crippen molar-refractivity contribution in [3.05, 3.63) is 60.9 Å². The molecule has 1 N–H and O–H groups in total. The maximum atomic E-state index is 4.16. The molecule has 0 saturated heterocycles. The fraction of sp³-hybridized carbons (Fsp3) is 0.0714. The highest BCUT2D eigenvalue weighted by atomic mass is 14.9. The van der Waals surface area contributed by atoms with Crippen LogP contribution in [0.25, 0.3) is 10.8 Å². The third-order valence-corrected chi connectivity index (χ3v) is 2.78. The first-order chi connectivity index (χ1) is 8.93. The highest BCUT2D eigenvalue weighted by Crippen LogP contribution is 2.22. The van der Waals surface area contributed by atoms with Crippen LogP contribution >= 0.6 is 0 Å². The van der Waals surface area contributed by atoms with E-state index in [0.717, 1.165) is 16.6 Å². The van der Waals surface area contributed by atoms with Gasteiger partial charge in [0.05, 0.1) is 0 Å². The standard InChI is InChI=1S/C14H12N4/c1-2-12-4-5-15-9-13(12)14(3-1)18-8-11-6-16-10-17-7-11/h1-7,9-10,18H,8H2. The molecule has 0 aliphatic heterocycles. The number of pyridine rings is 1. The van der Waals surface area contributed by atoms with Crippen LogP contribution < -0.4 is 5.32 Å². The molecule has 3 rings (SSSR count). The van der Waals surface area contributed by atoms with Crippen LogP contribution in [0, 0.1) is 0 Å². The average molecular weight is 236 g/mol. The zero-order valence-electron chi connectivity index (χ0n) is 9.74. The van der Waals surface area contributed by atoms with Crippen molar-refractivity contribution in [1.82, 2.24) is 15.0 Å². The summed E-state index contributed by atoms with van der Waals surface area (Å²) < 4.78 is 0. The predicted molar refractivity (Wildman–Crippen MR) is 71.1 cm³/mol. The first-order valence-electron chi connectivity index (χ1n) is 5.74. The maximum Gasteiger partial charge on any atom is 0.115 e. The summed E-state index contributed by atoms with van der Waals surface area (Å²) in [5, 5.41) is 5.69. The quantitative estimate of drug-likeness (QED) is 0.759. The van der Waals surface area contributed by atoms with Gasteiger partial charge in [-0.3, -0.25) is 4.98 Å². The summed E-state index contributed by atoms with van der Waals surface area (Å²) in [5.74, 6) is 0. The molecular formula is C14H12N4. The molecule has 3 aromatic rings. The van der Waals surface area contributed by atoms with Gasteiger partial charge in [0.15, 0.2) is 0 Å². The molecule has 0 radical (unpaired) electrons. The van der Waals surface area contributed by atoms with E-state index in [0.29, 0.717) is 6.54 Å². The number of hydrogen-bond acceptors (Lipinski definition) is 4. The summed E-state index contributed by atoms with van der Waals surface area (Å²) in [5.41, 5.74) is 2.13. The topological polar surface area (TPSA) is 50.7 Å². The van der Waals surface area contributed by atoms with E-state index in [1.807, 2.05) is 36.8 Å². The van der Waals surface area contributed by atoms with Crippen molar-refractivity contribution in [1.29, 1.82) is 0 Å². The molecule has 4 heteroatoms. The minimum Gasteiger partial charge on any atom is -0.380 e. The number of nitrogens with zero attached hydrogens (tertiary/aromatic N) is 3. The van der Waals surface area contributed by atoms with Gasteiger partial charge in [0.1, 0.15) is 6.33 Å². The highest BCUT2D eigenvalue weighted by Gasteiger charge is 2.00. The Balaban J connectivity index is 1.87. The Labute approximate surface area is 105 Å². The van der Waals surface area contributed by atoms with Gasteiger partial charge in [-0.2, -0.15) is 0 Å². The van der Waals surface area contributed by atoms with Gasteiger partial charge in [-0.1, -0.05) is 12.1 Å². The molecule has 0 saturated carbocycles. The lowest BCUT2D eigenvalue weighted by Gasteiger charge is -2.08. The Bertz CT molecular complexity index is 647. The SMILES string of the molecule is c1cc(NCc2cncnc2)c2cnccc2c1. The van der Waals surface area contributed by atoms with Crippen LogP contribution in [0.1, 0.15) is 5.56 Å². The van der Waals surface area contributed by atoms with Gasteiger partial charge in [0.2, 0.25) is 0 Å². The Morgan fingerprint density at radius 3 is 2.72 bits per heavy atom. The van der Waals surface area contributed by atoms with Gasteiger partial charge >= 0.3 is 0 Å². The molecule has 0 unspecified atom stereocenters. The van der Waals surface area contributed by atoms with Crippen LogP contribution in [-0.4, -0.2) is 15.0 Å². The fourth-order valence-corrected chi connectivity index (χ4v) is 1.89. The van der Waals surface area contributed by atoms with Gasteiger partial charge in [0, 0.05) is 48.0 Å². The third kappa shape index (κ3) is 2.13. The van der Waals surface area contributed by atoms with Crippen molar-refractivity contribution < 1.29 is 0 Å². The monoisotopic (exact) mass is 236 g/mol. The van der Waals surface area contributed by atoms with Crippen LogP contribution in [0.4, 0.5) is 5.69 Å². The zero-order chi connectivity index (χ0) is 12.2. The zero-order valence-corrected chi connectivity index (χ0v) is 9.74. The molecule has 2 aromatic heterocycles. The van der Waals surface area contributed by atoms with E-state index in [9.17, 15) is 0 Å². The van der Waals surface area contributed by atoms with Crippen molar-refractivity contribution in [2.75, 3.05) is 5.32 Å². The molecule has 0 bridgehead atoms. The van der Waals surface area contributed by atoms with Gasteiger partial charge < -0.3 is 5.32 Å². The highest BCUT2D eigenvalue weighted by molar-refractivity contribution is 5.92. The summed E-state index contributed by atoms with van der Waals surface area (Å²) in [6.45, 7) is 0.703. The van der Waals surface area contributed by atoms with E-state index in [4.69, 9.17) is 0 Å². The summed E-state index contributed by atoms with van der Waals surface area (Å²) in [4.78, 5) is 12.2. The van der Waals surface area contributed by atoms with Crippen molar-refractivity contribution in [2.45, 2.75) is 6.54 Å². The number of hydrogen-bond donors (Lipinski definition) is 1. The second-order valence-electron chi connectivity index (χ2n) is 4.00. The Hall–Kier alpha value is -2.49. The molecule has 0 atom stereocenters. The van der Waals surface area contributed by atoms with Crippen LogP contribution in [0.15, 0.2) is 55.4 Å². The van der Waals surface area contributed by atoms with Gasteiger partial charge in [-0.15, -0.1) is 0 Å². The first kappa shape index (κ1) is 10.7.